The minimum Gasteiger partial charge on any atom is -0.479 e. The molecule has 1 aliphatic carbocycles. The van der Waals surface area contributed by atoms with Crippen LogP contribution in [0.1, 0.15) is 31.2 Å². The van der Waals surface area contributed by atoms with Gasteiger partial charge in [-0.2, -0.15) is 0 Å². The monoisotopic (exact) mass is 232 g/mol. The number of rotatable bonds is 3. The number of hydrogen-bond donors (Lipinski definition) is 2. The molecule has 2 N–H and O–H groups in total. The van der Waals surface area contributed by atoms with Crippen LogP contribution in [0.3, 0.4) is 0 Å². The van der Waals surface area contributed by atoms with Gasteiger partial charge in [0.15, 0.2) is 0 Å². The quantitative estimate of drug-likeness (QED) is 0.787. The van der Waals surface area contributed by atoms with Crippen LogP contribution in [0.15, 0.2) is 42.0 Å². The van der Waals surface area contributed by atoms with Crippen molar-refractivity contribution in [3.8, 4) is 0 Å². The highest BCUT2D eigenvalue weighted by molar-refractivity contribution is 5.83. The fourth-order valence-electron chi connectivity index (χ4n) is 2.29. The summed E-state index contributed by atoms with van der Waals surface area (Å²) in [5.74, 6) is -1.20. The molecule has 0 radical (unpaired) electrons. The van der Waals surface area contributed by atoms with Crippen LogP contribution in [-0.2, 0) is 10.4 Å². The summed E-state index contributed by atoms with van der Waals surface area (Å²) >= 11 is 0. The Hall–Kier alpha value is -1.61. The average molecular weight is 232 g/mol. The first-order valence-corrected chi connectivity index (χ1v) is 5.86. The molecule has 17 heavy (non-hydrogen) atoms. The van der Waals surface area contributed by atoms with E-state index in [0.717, 1.165) is 19.3 Å². The molecular formula is C14H16O3. The highest BCUT2D eigenvalue weighted by Gasteiger charge is 2.41. The third-order valence-corrected chi connectivity index (χ3v) is 3.26. The van der Waals surface area contributed by atoms with Crippen molar-refractivity contribution in [2.45, 2.75) is 31.3 Å². The molecule has 90 valence electrons. The van der Waals surface area contributed by atoms with Gasteiger partial charge in [-0.1, -0.05) is 36.4 Å². The molecule has 3 heteroatoms. The molecule has 0 bridgehead atoms. The summed E-state index contributed by atoms with van der Waals surface area (Å²) < 4.78 is 0. The Labute approximate surface area is 100 Å². The predicted octanol–water partition coefficient (Wildman–Crippen LogP) is 2.46. The van der Waals surface area contributed by atoms with Crippen molar-refractivity contribution in [3.63, 3.8) is 0 Å². The molecule has 2 rings (SSSR count). The number of allylic oxidation sites excluding steroid dienone is 1. The van der Waals surface area contributed by atoms with Gasteiger partial charge < -0.3 is 10.2 Å². The first kappa shape index (κ1) is 11.9. The Morgan fingerprint density at radius 3 is 2.41 bits per heavy atom. The van der Waals surface area contributed by atoms with E-state index in [1.165, 1.54) is 0 Å². The zero-order valence-corrected chi connectivity index (χ0v) is 9.60. The molecule has 0 fully saturated rings. The van der Waals surface area contributed by atoms with Crippen LogP contribution < -0.4 is 0 Å². The molecule has 1 aliphatic rings. The Balaban J connectivity index is 2.46. The summed E-state index contributed by atoms with van der Waals surface area (Å²) in [7, 11) is 0. The van der Waals surface area contributed by atoms with E-state index in [1.807, 2.05) is 6.08 Å². The van der Waals surface area contributed by atoms with Gasteiger partial charge >= 0.3 is 5.97 Å². The van der Waals surface area contributed by atoms with E-state index in [2.05, 4.69) is 0 Å². The van der Waals surface area contributed by atoms with E-state index < -0.39 is 11.6 Å². The summed E-state index contributed by atoms with van der Waals surface area (Å²) in [6.45, 7) is 0. The molecule has 0 unspecified atom stereocenters. The number of hydrogen-bond acceptors (Lipinski definition) is 2. The number of aliphatic hydroxyl groups is 1. The van der Waals surface area contributed by atoms with Crippen LogP contribution in [0, 0.1) is 0 Å². The smallest absolute Gasteiger partial charge is 0.344 e. The summed E-state index contributed by atoms with van der Waals surface area (Å²) in [6.07, 6.45) is 5.36. The number of carbonyl (C=O) groups is 1. The zero-order valence-electron chi connectivity index (χ0n) is 9.60. The van der Waals surface area contributed by atoms with Gasteiger partial charge in [-0.25, -0.2) is 4.79 Å². The second kappa shape index (κ2) is 4.72. The van der Waals surface area contributed by atoms with E-state index in [9.17, 15) is 15.0 Å². The van der Waals surface area contributed by atoms with Crippen molar-refractivity contribution >= 4 is 5.97 Å². The first-order chi connectivity index (χ1) is 8.15. The Morgan fingerprint density at radius 1 is 1.18 bits per heavy atom. The van der Waals surface area contributed by atoms with Gasteiger partial charge in [-0.05, 0) is 36.8 Å². The Bertz CT molecular complexity index is 436. The second-order valence-corrected chi connectivity index (χ2v) is 4.36. The van der Waals surface area contributed by atoms with Gasteiger partial charge in [0.1, 0.15) is 0 Å². The van der Waals surface area contributed by atoms with Gasteiger partial charge in [-0.15, -0.1) is 0 Å². The number of carboxylic acids is 1. The molecule has 0 saturated heterocycles. The van der Waals surface area contributed by atoms with Crippen molar-refractivity contribution < 1.29 is 15.0 Å². The maximum atomic E-state index is 11.4. The van der Waals surface area contributed by atoms with E-state index >= 15 is 0 Å². The van der Waals surface area contributed by atoms with Gasteiger partial charge in [0.2, 0.25) is 5.60 Å². The van der Waals surface area contributed by atoms with Crippen molar-refractivity contribution in [3.05, 3.63) is 47.5 Å². The fourth-order valence-corrected chi connectivity index (χ4v) is 2.29. The minimum atomic E-state index is -1.86. The van der Waals surface area contributed by atoms with Crippen LogP contribution in [0.4, 0.5) is 0 Å². The van der Waals surface area contributed by atoms with E-state index in [4.69, 9.17) is 0 Å². The lowest BCUT2D eigenvalue weighted by Crippen LogP contribution is -2.38. The van der Waals surface area contributed by atoms with Crippen molar-refractivity contribution in [2.75, 3.05) is 0 Å². The standard InChI is InChI=1S/C14H16O3/c15-13(16)14(17,11-7-3-1-4-8-11)12-9-5-2-6-10-12/h1,3-4,7-9,17H,2,5-6,10H2,(H,15,16)/t14-/m1/s1. The number of benzene rings is 1. The molecule has 1 atom stereocenters. The van der Waals surface area contributed by atoms with E-state index in [1.54, 1.807) is 30.3 Å². The molecule has 0 aromatic heterocycles. The summed E-state index contributed by atoms with van der Waals surface area (Å²) in [6, 6.07) is 8.60. The first-order valence-electron chi connectivity index (χ1n) is 5.86. The lowest BCUT2D eigenvalue weighted by Gasteiger charge is -2.29. The molecule has 1 aromatic carbocycles. The lowest BCUT2D eigenvalue weighted by atomic mass is 9.80. The molecule has 0 spiro atoms. The highest BCUT2D eigenvalue weighted by atomic mass is 16.4. The molecular weight excluding hydrogens is 216 g/mol. The third-order valence-electron chi connectivity index (χ3n) is 3.26. The number of carboxylic acid groups (broad SMARTS) is 1. The molecule has 0 heterocycles. The van der Waals surface area contributed by atoms with Gasteiger partial charge in [0.25, 0.3) is 0 Å². The third kappa shape index (κ3) is 2.11. The van der Waals surface area contributed by atoms with Crippen LogP contribution >= 0.6 is 0 Å². The summed E-state index contributed by atoms with van der Waals surface area (Å²) in [4.78, 5) is 11.4. The van der Waals surface area contributed by atoms with Crippen LogP contribution in [-0.4, -0.2) is 16.2 Å². The molecule has 3 nitrogen and oxygen atoms in total. The summed E-state index contributed by atoms with van der Waals surface area (Å²) in [5.41, 5.74) is -0.815. The maximum Gasteiger partial charge on any atom is 0.344 e. The molecule has 0 amide bonds. The van der Waals surface area contributed by atoms with Crippen LogP contribution in [0.25, 0.3) is 0 Å². The Kier molecular flexibility index (Phi) is 3.29. The lowest BCUT2D eigenvalue weighted by molar-refractivity contribution is -0.155. The van der Waals surface area contributed by atoms with E-state index in [-0.39, 0.29) is 0 Å². The van der Waals surface area contributed by atoms with Crippen LogP contribution in [0.2, 0.25) is 0 Å². The van der Waals surface area contributed by atoms with E-state index in [0.29, 0.717) is 17.6 Å². The van der Waals surface area contributed by atoms with Crippen LogP contribution in [0.5, 0.6) is 0 Å². The minimum absolute atomic E-state index is 0.431. The second-order valence-electron chi connectivity index (χ2n) is 4.36. The summed E-state index contributed by atoms with van der Waals surface area (Å²) in [5, 5.41) is 19.9. The molecule has 0 aliphatic heterocycles. The van der Waals surface area contributed by atoms with Crippen molar-refractivity contribution in [2.24, 2.45) is 0 Å². The molecule has 0 saturated carbocycles. The Morgan fingerprint density at radius 2 is 1.88 bits per heavy atom. The topological polar surface area (TPSA) is 57.5 Å². The SMILES string of the molecule is O=C(O)[C@](O)(C1=CCCCC1)c1ccccc1. The zero-order chi connectivity index (χ0) is 12.3. The molecule has 1 aromatic rings. The maximum absolute atomic E-state index is 11.4. The van der Waals surface area contributed by atoms with Crippen molar-refractivity contribution in [1.82, 2.24) is 0 Å². The van der Waals surface area contributed by atoms with Gasteiger partial charge in [0.05, 0.1) is 0 Å². The highest BCUT2D eigenvalue weighted by Crippen LogP contribution is 2.35. The van der Waals surface area contributed by atoms with Gasteiger partial charge in [-0.3, -0.25) is 0 Å². The normalized spacial score (nSPS) is 19.2. The number of aliphatic carboxylic acids is 1. The van der Waals surface area contributed by atoms with Gasteiger partial charge in [0, 0.05) is 0 Å². The predicted molar refractivity (Wildman–Crippen MR) is 64.5 cm³/mol. The van der Waals surface area contributed by atoms with Crippen molar-refractivity contribution in [1.29, 1.82) is 0 Å². The largest absolute Gasteiger partial charge is 0.479 e. The average Bonchev–Trinajstić information content (AvgIpc) is 2.39. The fraction of sp³-hybridized carbons (Fsp3) is 0.357.